The Kier molecular flexibility index (Phi) is 6.21. The van der Waals surface area contributed by atoms with E-state index in [9.17, 15) is 4.79 Å². The van der Waals surface area contributed by atoms with E-state index in [-0.39, 0.29) is 5.91 Å². The lowest BCUT2D eigenvalue weighted by Gasteiger charge is -2.23. The molecule has 5 heteroatoms. The van der Waals surface area contributed by atoms with Crippen molar-refractivity contribution in [3.8, 4) is 0 Å². The first kappa shape index (κ1) is 16.9. The normalized spacial score (nSPS) is 18.8. The molecular formula is C19H28N4O. The highest BCUT2D eigenvalue weighted by Crippen LogP contribution is 2.21. The summed E-state index contributed by atoms with van der Waals surface area (Å²) in [6.45, 7) is 0.675. The van der Waals surface area contributed by atoms with Gasteiger partial charge in [0.2, 0.25) is 0 Å². The highest BCUT2D eigenvalue weighted by molar-refractivity contribution is 5.91. The molecule has 0 atom stereocenters. The third kappa shape index (κ3) is 5.05. The first-order valence-corrected chi connectivity index (χ1v) is 9.36. The second kappa shape index (κ2) is 8.81. The summed E-state index contributed by atoms with van der Waals surface area (Å²) < 4.78 is 0. The fourth-order valence-electron chi connectivity index (χ4n) is 3.53. The molecule has 0 spiro atoms. The van der Waals surface area contributed by atoms with Crippen LogP contribution in [0, 0.1) is 0 Å². The topological polar surface area (TPSA) is 66.9 Å². The van der Waals surface area contributed by atoms with Gasteiger partial charge in [0.25, 0.3) is 5.91 Å². The predicted molar refractivity (Wildman–Crippen MR) is 96.0 cm³/mol. The molecule has 130 valence electrons. The minimum absolute atomic E-state index is 0.136. The lowest BCUT2D eigenvalue weighted by Crippen LogP contribution is -2.26. The van der Waals surface area contributed by atoms with Crippen LogP contribution in [0.3, 0.4) is 0 Å². The summed E-state index contributed by atoms with van der Waals surface area (Å²) in [5, 5.41) is 6.36. The number of hydrogen-bond acceptors (Lipinski definition) is 4. The van der Waals surface area contributed by atoms with Crippen molar-refractivity contribution in [2.45, 2.75) is 70.3 Å². The van der Waals surface area contributed by atoms with Crippen molar-refractivity contribution >= 4 is 11.7 Å². The van der Waals surface area contributed by atoms with E-state index in [0.717, 1.165) is 12.2 Å². The van der Waals surface area contributed by atoms with Crippen molar-refractivity contribution in [2.75, 3.05) is 11.9 Å². The predicted octanol–water partition coefficient (Wildman–Crippen LogP) is 3.84. The summed E-state index contributed by atoms with van der Waals surface area (Å²) >= 11 is 0. The Bertz CT molecular complexity index is 561. The van der Waals surface area contributed by atoms with Crippen LogP contribution in [0.25, 0.3) is 0 Å². The molecule has 0 bridgehead atoms. The Morgan fingerprint density at radius 1 is 1.08 bits per heavy atom. The fraction of sp³-hybridized carbons (Fsp3) is 0.632. The van der Waals surface area contributed by atoms with Gasteiger partial charge in [0.05, 0.1) is 12.4 Å². The number of allylic oxidation sites excluding steroid dienone is 1. The number of anilines is 1. The summed E-state index contributed by atoms with van der Waals surface area (Å²) in [4.78, 5) is 20.7. The number of nitrogens with zero attached hydrogens (tertiary/aromatic N) is 2. The lowest BCUT2D eigenvalue weighted by atomic mass is 9.96. The highest BCUT2D eigenvalue weighted by atomic mass is 16.1. The SMILES string of the molecule is O=C(NCCC1=CCCCC1)c1cnc(NC2CCCCC2)cn1. The van der Waals surface area contributed by atoms with E-state index in [2.05, 4.69) is 26.7 Å². The molecule has 0 aliphatic heterocycles. The van der Waals surface area contributed by atoms with E-state index in [1.165, 1.54) is 63.4 Å². The Hall–Kier alpha value is -1.91. The second-order valence-corrected chi connectivity index (χ2v) is 6.88. The molecule has 2 aliphatic rings. The van der Waals surface area contributed by atoms with Gasteiger partial charge >= 0.3 is 0 Å². The lowest BCUT2D eigenvalue weighted by molar-refractivity contribution is 0.0948. The molecule has 2 N–H and O–H groups in total. The van der Waals surface area contributed by atoms with Gasteiger partial charge in [-0.3, -0.25) is 4.79 Å². The fourth-order valence-corrected chi connectivity index (χ4v) is 3.53. The summed E-state index contributed by atoms with van der Waals surface area (Å²) in [6.07, 6.45) is 17.7. The molecule has 1 amide bonds. The van der Waals surface area contributed by atoms with Crippen LogP contribution >= 0.6 is 0 Å². The smallest absolute Gasteiger partial charge is 0.271 e. The first-order chi connectivity index (χ1) is 11.8. The molecule has 1 aromatic heterocycles. The monoisotopic (exact) mass is 328 g/mol. The molecule has 0 radical (unpaired) electrons. The van der Waals surface area contributed by atoms with Gasteiger partial charge in [0.15, 0.2) is 0 Å². The van der Waals surface area contributed by atoms with Crippen molar-refractivity contribution in [3.63, 3.8) is 0 Å². The number of carbonyl (C=O) groups excluding carboxylic acids is 1. The maximum atomic E-state index is 12.1. The summed E-state index contributed by atoms with van der Waals surface area (Å²) in [7, 11) is 0. The van der Waals surface area contributed by atoms with Crippen LogP contribution in [0.1, 0.15) is 74.7 Å². The van der Waals surface area contributed by atoms with Crippen molar-refractivity contribution in [3.05, 3.63) is 29.7 Å². The molecule has 2 aliphatic carbocycles. The average Bonchev–Trinajstić information content (AvgIpc) is 2.64. The molecule has 1 fully saturated rings. The Balaban J connectivity index is 1.43. The molecule has 1 saturated carbocycles. The van der Waals surface area contributed by atoms with Crippen molar-refractivity contribution in [1.82, 2.24) is 15.3 Å². The van der Waals surface area contributed by atoms with Gasteiger partial charge in [-0.1, -0.05) is 30.9 Å². The van der Waals surface area contributed by atoms with Gasteiger partial charge in [0.1, 0.15) is 11.5 Å². The van der Waals surface area contributed by atoms with Crippen LogP contribution in [-0.4, -0.2) is 28.5 Å². The van der Waals surface area contributed by atoms with Crippen LogP contribution in [0.5, 0.6) is 0 Å². The molecule has 0 aromatic carbocycles. The highest BCUT2D eigenvalue weighted by Gasteiger charge is 2.14. The van der Waals surface area contributed by atoms with E-state index < -0.39 is 0 Å². The minimum Gasteiger partial charge on any atom is -0.366 e. The van der Waals surface area contributed by atoms with Crippen LogP contribution in [0.15, 0.2) is 24.0 Å². The van der Waals surface area contributed by atoms with Gasteiger partial charge in [-0.25, -0.2) is 9.97 Å². The quantitative estimate of drug-likeness (QED) is 0.779. The van der Waals surface area contributed by atoms with Crippen LogP contribution in [0.2, 0.25) is 0 Å². The molecule has 1 heterocycles. The van der Waals surface area contributed by atoms with E-state index in [1.54, 1.807) is 12.4 Å². The second-order valence-electron chi connectivity index (χ2n) is 6.88. The maximum absolute atomic E-state index is 12.1. The van der Waals surface area contributed by atoms with Crippen molar-refractivity contribution < 1.29 is 4.79 Å². The van der Waals surface area contributed by atoms with Crippen LogP contribution < -0.4 is 10.6 Å². The number of rotatable bonds is 6. The first-order valence-electron chi connectivity index (χ1n) is 9.36. The Labute approximate surface area is 144 Å². The van der Waals surface area contributed by atoms with Crippen LogP contribution in [0.4, 0.5) is 5.82 Å². The third-order valence-electron chi connectivity index (χ3n) is 4.96. The van der Waals surface area contributed by atoms with E-state index in [0.29, 0.717) is 18.3 Å². The summed E-state index contributed by atoms with van der Waals surface area (Å²) in [5.41, 5.74) is 1.86. The largest absolute Gasteiger partial charge is 0.366 e. The van der Waals surface area contributed by atoms with Gasteiger partial charge < -0.3 is 10.6 Å². The molecule has 24 heavy (non-hydrogen) atoms. The number of nitrogens with one attached hydrogen (secondary N) is 2. The van der Waals surface area contributed by atoms with E-state index >= 15 is 0 Å². The number of aromatic nitrogens is 2. The average molecular weight is 328 g/mol. The molecule has 5 nitrogen and oxygen atoms in total. The van der Waals surface area contributed by atoms with Gasteiger partial charge in [0, 0.05) is 12.6 Å². The van der Waals surface area contributed by atoms with E-state index in [4.69, 9.17) is 0 Å². The zero-order valence-corrected chi connectivity index (χ0v) is 14.4. The molecule has 0 saturated heterocycles. The number of carbonyl (C=O) groups is 1. The minimum atomic E-state index is -0.136. The van der Waals surface area contributed by atoms with Crippen molar-refractivity contribution in [1.29, 1.82) is 0 Å². The Morgan fingerprint density at radius 2 is 1.96 bits per heavy atom. The summed E-state index contributed by atoms with van der Waals surface area (Å²) in [6, 6.07) is 0.497. The zero-order chi connectivity index (χ0) is 16.6. The van der Waals surface area contributed by atoms with Crippen LogP contribution in [-0.2, 0) is 0 Å². The molecule has 0 unspecified atom stereocenters. The van der Waals surface area contributed by atoms with Gasteiger partial charge in [-0.05, 0) is 44.9 Å². The van der Waals surface area contributed by atoms with Gasteiger partial charge in [-0.2, -0.15) is 0 Å². The zero-order valence-electron chi connectivity index (χ0n) is 14.4. The van der Waals surface area contributed by atoms with E-state index in [1.807, 2.05) is 0 Å². The maximum Gasteiger partial charge on any atom is 0.271 e. The summed E-state index contributed by atoms with van der Waals surface area (Å²) in [5.74, 6) is 0.633. The van der Waals surface area contributed by atoms with Crippen molar-refractivity contribution in [2.24, 2.45) is 0 Å². The van der Waals surface area contributed by atoms with Gasteiger partial charge in [-0.15, -0.1) is 0 Å². The molecule has 1 aromatic rings. The number of amides is 1. The Morgan fingerprint density at radius 3 is 2.67 bits per heavy atom. The number of hydrogen-bond donors (Lipinski definition) is 2. The molecule has 3 rings (SSSR count). The molecular weight excluding hydrogens is 300 g/mol. The standard InChI is InChI=1S/C19H28N4O/c24-19(20-12-11-15-7-3-1-4-8-15)17-13-22-18(14-21-17)23-16-9-5-2-6-10-16/h7,13-14,16H,1-6,8-12H2,(H,20,24)(H,22,23). The third-order valence-corrected chi connectivity index (χ3v) is 4.96.